The maximum atomic E-state index is 12.1. The number of rotatable bonds is 2. The van der Waals surface area contributed by atoms with Gasteiger partial charge in [0.15, 0.2) is 5.43 Å². The molecule has 0 bridgehead atoms. The van der Waals surface area contributed by atoms with Crippen molar-refractivity contribution in [1.29, 1.82) is 0 Å². The molecule has 0 radical (unpaired) electrons. The van der Waals surface area contributed by atoms with Gasteiger partial charge in [0, 0.05) is 5.39 Å². The first kappa shape index (κ1) is 11.7. The van der Waals surface area contributed by atoms with Gasteiger partial charge in [-0.05, 0) is 23.6 Å². The van der Waals surface area contributed by atoms with E-state index < -0.39 is 0 Å². The summed E-state index contributed by atoms with van der Waals surface area (Å²) in [5, 5.41) is 11.3. The smallest absolute Gasteiger partial charge is 0.198 e. The van der Waals surface area contributed by atoms with Gasteiger partial charge >= 0.3 is 0 Å². The van der Waals surface area contributed by atoms with Crippen molar-refractivity contribution >= 4 is 21.7 Å². The Bertz CT molecular complexity index is 817. The Kier molecular flexibility index (Phi) is 2.72. The summed E-state index contributed by atoms with van der Waals surface area (Å²) in [6.07, 6.45) is 1.31. The van der Waals surface area contributed by atoms with Gasteiger partial charge in [0.05, 0.1) is 24.7 Å². The summed E-state index contributed by atoms with van der Waals surface area (Å²) in [5.41, 5.74) is 0.571. The normalized spacial score (nSPS) is 11.1. The van der Waals surface area contributed by atoms with Crippen molar-refractivity contribution in [3.8, 4) is 5.75 Å². The first-order chi connectivity index (χ1) is 9.24. The molecule has 4 heteroatoms. The predicted octanol–water partition coefficient (Wildman–Crippen LogP) is 2.45. The highest BCUT2D eigenvalue weighted by Crippen LogP contribution is 2.27. The van der Waals surface area contributed by atoms with Gasteiger partial charge in [-0.15, -0.1) is 0 Å². The number of ether oxygens (including phenoxy) is 1. The molecule has 0 saturated heterocycles. The van der Waals surface area contributed by atoms with E-state index in [1.54, 1.807) is 13.2 Å². The Balaban J connectivity index is 2.46. The molecule has 19 heavy (non-hydrogen) atoms. The van der Waals surface area contributed by atoms with Crippen molar-refractivity contribution in [2.45, 2.75) is 6.61 Å². The third-order valence-electron chi connectivity index (χ3n) is 3.20. The highest BCUT2D eigenvalue weighted by atomic mass is 16.5. The minimum Gasteiger partial charge on any atom is -0.497 e. The van der Waals surface area contributed by atoms with Crippen LogP contribution in [0, 0.1) is 0 Å². The molecule has 0 saturated carbocycles. The highest BCUT2D eigenvalue weighted by Gasteiger charge is 2.09. The third-order valence-corrected chi connectivity index (χ3v) is 3.20. The average molecular weight is 256 g/mol. The fraction of sp³-hybridized carbons (Fsp3) is 0.133. The van der Waals surface area contributed by atoms with Gasteiger partial charge in [0.2, 0.25) is 0 Å². The summed E-state index contributed by atoms with van der Waals surface area (Å²) >= 11 is 0. The zero-order chi connectivity index (χ0) is 13.4. The van der Waals surface area contributed by atoms with Gasteiger partial charge < -0.3 is 14.3 Å². The second-order valence-electron chi connectivity index (χ2n) is 4.28. The lowest BCUT2D eigenvalue weighted by molar-refractivity contribution is 0.277. The summed E-state index contributed by atoms with van der Waals surface area (Å²) < 4.78 is 10.7. The van der Waals surface area contributed by atoms with Crippen LogP contribution in [0.3, 0.4) is 0 Å². The van der Waals surface area contributed by atoms with Crippen LogP contribution in [-0.4, -0.2) is 12.2 Å². The summed E-state index contributed by atoms with van der Waals surface area (Å²) in [7, 11) is 1.59. The van der Waals surface area contributed by atoms with E-state index in [0.29, 0.717) is 16.7 Å². The largest absolute Gasteiger partial charge is 0.497 e. The molecule has 3 aromatic rings. The number of aliphatic hydroxyl groups is 1. The van der Waals surface area contributed by atoms with Crippen molar-refractivity contribution < 1.29 is 14.3 Å². The molecule has 1 heterocycles. The Morgan fingerprint density at radius 2 is 2.00 bits per heavy atom. The molecular weight excluding hydrogens is 244 g/mol. The number of aliphatic hydroxyl groups excluding tert-OH is 1. The highest BCUT2D eigenvalue weighted by molar-refractivity contribution is 6.04. The molecule has 0 unspecified atom stereocenters. The van der Waals surface area contributed by atoms with Crippen LogP contribution in [-0.2, 0) is 6.61 Å². The van der Waals surface area contributed by atoms with E-state index in [1.807, 2.05) is 24.3 Å². The van der Waals surface area contributed by atoms with Gasteiger partial charge in [0.25, 0.3) is 0 Å². The molecular formula is C15H12O4. The van der Waals surface area contributed by atoms with Crippen molar-refractivity contribution in [1.82, 2.24) is 0 Å². The fourth-order valence-electron chi connectivity index (χ4n) is 2.17. The zero-order valence-corrected chi connectivity index (χ0v) is 10.3. The molecule has 0 aliphatic heterocycles. The van der Waals surface area contributed by atoms with Crippen LogP contribution in [0.2, 0.25) is 0 Å². The van der Waals surface area contributed by atoms with Gasteiger partial charge in [-0.25, -0.2) is 0 Å². The number of benzene rings is 2. The summed E-state index contributed by atoms with van der Waals surface area (Å²) in [6.45, 7) is -0.325. The van der Waals surface area contributed by atoms with Crippen LogP contribution in [0.25, 0.3) is 21.7 Å². The van der Waals surface area contributed by atoms with E-state index in [0.717, 1.165) is 10.8 Å². The molecule has 0 fully saturated rings. The maximum absolute atomic E-state index is 12.1. The molecule has 4 nitrogen and oxygen atoms in total. The molecule has 96 valence electrons. The molecule has 1 aromatic heterocycles. The Hall–Kier alpha value is -2.33. The molecule has 0 spiro atoms. The molecule has 0 atom stereocenters. The van der Waals surface area contributed by atoms with Crippen molar-refractivity contribution in [3.63, 3.8) is 0 Å². The van der Waals surface area contributed by atoms with Crippen LogP contribution in [0.15, 0.2) is 45.8 Å². The predicted molar refractivity (Wildman–Crippen MR) is 72.5 cm³/mol. The van der Waals surface area contributed by atoms with Crippen LogP contribution in [0.5, 0.6) is 5.75 Å². The van der Waals surface area contributed by atoms with Gasteiger partial charge in [-0.1, -0.05) is 12.1 Å². The Morgan fingerprint density at radius 1 is 1.21 bits per heavy atom. The summed E-state index contributed by atoms with van der Waals surface area (Å²) in [5.74, 6) is 0.703. The number of hydrogen-bond donors (Lipinski definition) is 1. The van der Waals surface area contributed by atoms with Crippen molar-refractivity contribution in [2.24, 2.45) is 0 Å². The van der Waals surface area contributed by atoms with Gasteiger partial charge in [0.1, 0.15) is 17.6 Å². The summed E-state index contributed by atoms with van der Waals surface area (Å²) in [6, 6.07) is 9.17. The maximum Gasteiger partial charge on any atom is 0.198 e. The van der Waals surface area contributed by atoms with E-state index >= 15 is 0 Å². The lowest BCUT2D eigenvalue weighted by atomic mass is 10.1. The summed E-state index contributed by atoms with van der Waals surface area (Å²) in [4.78, 5) is 12.1. The van der Waals surface area contributed by atoms with Gasteiger partial charge in [-0.2, -0.15) is 0 Å². The topological polar surface area (TPSA) is 59.7 Å². The average Bonchev–Trinajstić information content (AvgIpc) is 2.47. The van der Waals surface area contributed by atoms with E-state index in [1.165, 1.54) is 6.26 Å². The van der Waals surface area contributed by atoms with Crippen LogP contribution < -0.4 is 10.2 Å². The third kappa shape index (κ3) is 1.77. The van der Waals surface area contributed by atoms with Crippen LogP contribution in [0.4, 0.5) is 0 Å². The SMILES string of the molecule is COc1ccc2ccc3c(=O)c(CO)coc3c2c1. The molecule has 0 aliphatic rings. The molecule has 0 amide bonds. The lowest BCUT2D eigenvalue weighted by Gasteiger charge is -2.06. The minimum atomic E-state index is -0.325. The van der Waals surface area contributed by atoms with E-state index in [2.05, 4.69) is 0 Å². The first-order valence-corrected chi connectivity index (χ1v) is 5.86. The van der Waals surface area contributed by atoms with E-state index in [9.17, 15) is 4.79 Å². The number of hydrogen-bond acceptors (Lipinski definition) is 4. The number of fused-ring (bicyclic) bond motifs is 3. The second-order valence-corrected chi connectivity index (χ2v) is 4.28. The first-order valence-electron chi connectivity index (χ1n) is 5.86. The Morgan fingerprint density at radius 3 is 2.74 bits per heavy atom. The minimum absolute atomic E-state index is 0.200. The zero-order valence-electron chi connectivity index (χ0n) is 10.3. The van der Waals surface area contributed by atoms with E-state index in [-0.39, 0.29) is 17.6 Å². The molecule has 3 rings (SSSR count). The van der Waals surface area contributed by atoms with Crippen molar-refractivity contribution in [2.75, 3.05) is 7.11 Å². The van der Waals surface area contributed by atoms with Crippen LogP contribution in [0.1, 0.15) is 5.56 Å². The number of methoxy groups -OCH3 is 1. The molecule has 1 N–H and O–H groups in total. The second kappa shape index (κ2) is 4.40. The van der Waals surface area contributed by atoms with Crippen molar-refractivity contribution in [3.05, 3.63) is 52.4 Å². The van der Waals surface area contributed by atoms with E-state index in [4.69, 9.17) is 14.3 Å². The van der Waals surface area contributed by atoms with Gasteiger partial charge in [-0.3, -0.25) is 4.79 Å². The fourth-order valence-corrected chi connectivity index (χ4v) is 2.17. The standard InChI is InChI=1S/C15H12O4/c1-18-11-4-2-9-3-5-12-14(17)10(7-16)8-19-15(12)13(9)6-11/h2-6,8,16H,7H2,1H3. The Labute approximate surface area is 108 Å². The molecule has 2 aromatic carbocycles. The molecule has 0 aliphatic carbocycles. The quantitative estimate of drug-likeness (QED) is 0.715. The monoisotopic (exact) mass is 256 g/mol. The lowest BCUT2D eigenvalue weighted by Crippen LogP contribution is -2.08. The van der Waals surface area contributed by atoms with Crippen LogP contribution >= 0.6 is 0 Å².